The van der Waals surface area contributed by atoms with Gasteiger partial charge in [0.2, 0.25) is 11.8 Å². The third-order valence-corrected chi connectivity index (χ3v) is 7.13. The zero-order chi connectivity index (χ0) is 26.8. The number of hydrogen-bond acceptors (Lipinski definition) is 6. The fourth-order valence-electron chi connectivity index (χ4n) is 5.32. The minimum absolute atomic E-state index is 0.0898. The molecule has 0 spiro atoms. The Morgan fingerprint density at radius 1 is 1.19 bits per heavy atom. The lowest BCUT2D eigenvalue weighted by atomic mass is 9.84. The van der Waals surface area contributed by atoms with Gasteiger partial charge in [-0.25, -0.2) is 0 Å². The predicted octanol–water partition coefficient (Wildman–Crippen LogP) is 1.69. The lowest BCUT2D eigenvalue weighted by molar-refractivity contribution is -0.147. The predicted molar refractivity (Wildman–Crippen MR) is 130 cm³/mol. The zero-order valence-electron chi connectivity index (χ0n) is 21.4. The van der Waals surface area contributed by atoms with E-state index in [1.54, 1.807) is 30.0 Å². The van der Waals surface area contributed by atoms with Gasteiger partial charge in [0.15, 0.2) is 0 Å². The van der Waals surface area contributed by atoms with Crippen molar-refractivity contribution in [3.63, 3.8) is 0 Å². The number of nitrogens with one attached hydrogen (secondary N) is 2. The molecule has 1 saturated heterocycles. The first-order valence-electron chi connectivity index (χ1n) is 12.1. The number of rotatable bonds is 9. The summed E-state index contributed by atoms with van der Waals surface area (Å²) in [5.41, 5.74) is 0.362. The van der Waals surface area contributed by atoms with Crippen molar-refractivity contribution in [2.75, 3.05) is 7.11 Å². The molecule has 0 radical (unpaired) electrons. The second kappa shape index (κ2) is 10.7. The normalized spacial score (nSPS) is 22.5. The lowest BCUT2D eigenvalue weighted by Gasteiger charge is -2.40. The van der Waals surface area contributed by atoms with Crippen LogP contribution in [0.25, 0.3) is 0 Å². The van der Waals surface area contributed by atoms with Crippen molar-refractivity contribution in [3.8, 4) is 5.75 Å². The average Bonchev–Trinajstić information content (AvgIpc) is 3.42. The summed E-state index contributed by atoms with van der Waals surface area (Å²) in [4.78, 5) is 64.3. The topological polar surface area (TPSA) is 142 Å². The fraction of sp³-hybridized carbons (Fsp3) is 0.577. The Morgan fingerprint density at radius 2 is 1.89 bits per heavy atom. The zero-order valence-corrected chi connectivity index (χ0v) is 21.4. The first-order valence-corrected chi connectivity index (χ1v) is 12.1. The number of aliphatic carboxylic acids is 1. The van der Waals surface area contributed by atoms with E-state index >= 15 is 0 Å². The number of aldehydes is 1. The lowest BCUT2D eigenvalue weighted by Crippen LogP contribution is -2.61. The summed E-state index contributed by atoms with van der Waals surface area (Å²) in [7, 11) is 1.52. The molecule has 1 heterocycles. The Balaban J connectivity index is 1.86. The number of likely N-dealkylation sites (tertiary alicyclic amines) is 1. The smallest absolute Gasteiger partial charge is 0.305 e. The first-order chi connectivity index (χ1) is 16.9. The van der Waals surface area contributed by atoms with E-state index in [0.717, 1.165) is 12.8 Å². The van der Waals surface area contributed by atoms with Crippen LogP contribution in [0.5, 0.6) is 5.75 Å². The molecule has 3 unspecified atom stereocenters. The summed E-state index contributed by atoms with van der Waals surface area (Å²) in [6, 6.07) is 2.02. The maximum Gasteiger partial charge on any atom is 0.305 e. The molecule has 1 aliphatic heterocycles. The van der Waals surface area contributed by atoms with Gasteiger partial charge in [-0.05, 0) is 49.7 Å². The van der Waals surface area contributed by atoms with Crippen molar-refractivity contribution >= 4 is 30.0 Å². The molecule has 196 valence electrons. The van der Waals surface area contributed by atoms with Crippen molar-refractivity contribution in [2.24, 2.45) is 11.3 Å². The molecule has 3 rings (SSSR count). The maximum atomic E-state index is 13.9. The molecule has 0 aromatic heterocycles. The molecule has 3 amide bonds. The van der Waals surface area contributed by atoms with Gasteiger partial charge in [-0.15, -0.1) is 0 Å². The molecule has 10 heteroatoms. The van der Waals surface area contributed by atoms with Crippen LogP contribution in [0, 0.1) is 18.3 Å². The quantitative estimate of drug-likeness (QED) is 0.437. The molecule has 3 N–H and O–H groups in total. The van der Waals surface area contributed by atoms with E-state index in [4.69, 9.17) is 9.84 Å². The number of carbonyl (C=O) groups excluding carboxylic acids is 4. The highest BCUT2D eigenvalue weighted by Gasteiger charge is 2.53. The van der Waals surface area contributed by atoms with Gasteiger partial charge in [-0.1, -0.05) is 26.8 Å². The molecule has 1 saturated carbocycles. The van der Waals surface area contributed by atoms with E-state index in [-0.39, 0.29) is 17.9 Å². The molecule has 5 atom stereocenters. The number of carbonyl (C=O) groups is 5. The van der Waals surface area contributed by atoms with Crippen LogP contribution < -0.4 is 15.4 Å². The van der Waals surface area contributed by atoms with E-state index < -0.39 is 47.7 Å². The number of carboxylic acids is 1. The van der Waals surface area contributed by atoms with Crippen molar-refractivity contribution in [1.29, 1.82) is 0 Å². The summed E-state index contributed by atoms with van der Waals surface area (Å²) < 4.78 is 5.31. The molecule has 36 heavy (non-hydrogen) atoms. The van der Waals surface area contributed by atoms with E-state index in [1.165, 1.54) is 7.11 Å². The second-order valence-electron chi connectivity index (χ2n) is 10.7. The van der Waals surface area contributed by atoms with E-state index in [9.17, 15) is 24.0 Å². The van der Waals surface area contributed by atoms with Gasteiger partial charge in [-0.3, -0.25) is 19.2 Å². The van der Waals surface area contributed by atoms with Gasteiger partial charge in [0.05, 0.1) is 19.6 Å². The highest BCUT2D eigenvalue weighted by atomic mass is 16.5. The molecule has 1 aromatic rings. The van der Waals surface area contributed by atoms with Gasteiger partial charge < -0.3 is 30.2 Å². The Labute approximate surface area is 210 Å². The monoisotopic (exact) mass is 501 g/mol. The fourth-order valence-corrected chi connectivity index (χ4v) is 5.32. The maximum absolute atomic E-state index is 13.9. The summed E-state index contributed by atoms with van der Waals surface area (Å²) >= 11 is 0. The number of benzene rings is 1. The van der Waals surface area contributed by atoms with E-state index in [2.05, 4.69) is 10.6 Å². The minimum atomic E-state index is -1.21. The van der Waals surface area contributed by atoms with E-state index in [0.29, 0.717) is 29.6 Å². The van der Waals surface area contributed by atoms with Crippen molar-refractivity contribution in [1.82, 2.24) is 15.5 Å². The standard InChI is InChI=1S/C26H35N3O7/c1-14-18(7-6-8-19(14)36-5)23(33)28-22(26(2,3)4)25(35)29-17-10-9-15(11-17)21(29)24(34)27-16(13-30)12-20(31)32/h6-8,13,15-17,21-22H,9-12H2,1-5H3,(H,27,34)(H,28,33)(H,31,32)/t15-,16?,17?,21?,22+/m0/s1. The highest BCUT2D eigenvalue weighted by Crippen LogP contribution is 2.43. The van der Waals surface area contributed by atoms with Crippen LogP contribution in [0.15, 0.2) is 18.2 Å². The van der Waals surface area contributed by atoms with Gasteiger partial charge in [0, 0.05) is 17.2 Å². The number of nitrogens with zero attached hydrogens (tertiary/aromatic N) is 1. The summed E-state index contributed by atoms with van der Waals surface area (Å²) in [5, 5.41) is 14.4. The third-order valence-electron chi connectivity index (χ3n) is 7.13. The molecule has 2 fully saturated rings. The largest absolute Gasteiger partial charge is 0.496 e. The third kappa shape index (κ3) is 5.52. The van der Waals surface area contributed by atoms with Crippen LogP contribution >= 0.6 is 0 Å². The Bertz CT molecular complexity index is 1050. The Hall–Kier alpha value is -3.43. The molecular weight excluding hydrogens is 466 g/mol. The number of carboxylic acid groups (broad SMARTS) is 1. The Kier molecular flexibility index (Phi) is 8.05. The number of fused-ring (bicyclic) bond motifs is 2. The average molecular weight is 502 g/mol. The molecule has 1 aliphatic carbocycles. The van der Waals surface area contributed by atoms with Gasteiger partial charge in [0.25, 0.3) is 5.91 Å². The van der Waals surface area contributed by atoms with Crippen LogP contribution in [0.1, 0.15) is 62.4 Å². The number of ether oxygens (including phenoxy) is 1. The number of hydrogen-bond donors (Lipinski definition) is 3. The summed E-state index contributed by atoms with van der Waals surface area (Å²) in [6.07, 6.45) is 2.00. The number of methoxy groups -OCH3 is 1. The molecule has 10 nitrogen and oxygen atoms in total. The molecule has 2 bridgehead atoms. The van der Waals surface area contributed by atoms with Gasteiger partial charge in [-0.2, -0.15) is 0 Å². The number of amides is 3. The highest BCUT2D eigenvalue weighted by molar-refractivity contribution is 6.00. The molecule has 1 aromatic carbocycles. The SMILES string of the molecule is COc1cccc(C(=O)N[C@H](C(=O)N2C3CC[C@@H](C3)C2C(=O)NC(C=O)CC(=O)O)C(C)(C)C)c1C. The van der Waals surface area contributed by atoms with Crippen LogP contribution in [0.2, 0.25) is 0 Å². The van der Waals surface area contributed by atoms with Crippen molar-refractivity contribution in [3.05, 3.63) is 29.3 Å². The second-order valence-corrected chi connectivity index (χ2v) is 10.7. The summed E-state index contributed by atoms with van der Waals surface area (Å²) in [5.74, 6) is -2.08. The van der Waals surface area contributed by atoms with Crippen molar-refractivity contribution < 1.29 is 33.8 Å². The number of piperidine rings is 1. The molecular formula is C26H35N3O7. The van der Waals surface area contributed by atoms with Crippen molar-refractivity contribution in [2.45, 2.75) is 77.5 Å². The van der Waals surface area contributed by atoms with Crippen LogP contribution in [0.3, 0.4) is 0 Å². The van der Waals surface area contributed by atoms with Gasteiger partial charge >= 0.3 is 5.97 Å². The van der Waals surface area contributed by atoms with Crippen LogP contribution in [0.4, 0.5) is 0 Å². The first kappa shape index (κ1) is 27.2. The van der Waals surface area contributed by atoms with E-state index in [1.807, 2.05) is 20.8 Å². The van der Waals surface area contributed by atoms with Crippen LogP contribution in [-0.4, -0.2) is 71.3 Å². The molecule has 2 aliphatic rings. The Morgan fingerprint density at radius 3 is 2.47 bits per heavy atom. The van der Waals surface area contributed by atoms with Crippen LogP contribution in [-0.2, 0) is 19.2 Å². The minimum Gasteiger partial charge on any atom is -0.496 e. The summed E-state index contributed by atoms with van der Waals surface area (Å²) in [6.45, 7) is 7.29. The van der Waals surface area contributed by atoms with Gasteiger partial charge in [0.1, 0.15) is 24.1 Å².